The highest BCUT2D eigenvalue weighted by atomic mass is 32.2. The molecule has 0 aromatic rings. The van der Waals surface area contributed by atoms with Gasteiger partial charge in [-0.2, -0.15) is 0 Å². The second-order valence-electron chi connectivity index (χ2n) is 3.37. The van der Waals surface area contributed by atoms with Crippen molar-refractivity contribution in [3.8, 4) is 0 Å². The van der Waals surface area contributed by atoms with Gasteiger partial charge in [0.05, 0.1) is 0 Å². The number of hydrogen-bond donors (Lipinski definition) is 0. The molecule has 0 saturated carbocycles. The van der Waals surface area contributed by atoms with Gasteiger partial charge in [0.2, 0.25) is 11.0 Å². The molecule has 0 spiro atoms. The summed E-state index contributed by atoms with van der Waals surface area (Å²) in [5, 5.41) is 0.494. The molecule has 1 fully saturated rings. The first-order valence-electron chi connectivity index (χ1n) is 4.33. The van der Waals surface area contributed by atoms with Crippen LogP contribution in [-0.4, -0.2) is 34.3 Å². The van der Waals surface area contributed by atoms with Crippen LogP contribution in [0.1, 0.15) is 13.3 Å². The van der Waals surface area contributed by atoms with Gasteiger partial charge in [-0.25, -0.2) is 0 Å². The average molecular weight is 197 g/mol. The van der Waals surface area contributed by atoms with Gasteiger partial charge in [0, 0.05) is 25.3 Å². The molecule has 2 rings (SSSR count). The predicted molar refractivity (Wildman–Crippen MR) is 51.3 cm³/mol. The number of piperidine rings is 1. The summed E-state index contributed by atoms with van der Waals surface area (Å²) < 4.78 is 0. The Morgan fingerprint density at radius 3 is 3.15 bits per heavy atom. The molecule has 0 aliphatic carbocycles. The van der Waals surface area contributed by atoms with E-state index < -0.39 is 0 Å². The molecule has 0 bridgehead atoms. The molecular weight excluding hydrogens is 186 g/mol. The van der Waals surface area contributed by atoms with Crippen molar-refractivity contribution >= 4 is 22.8 Å². The van der Waals surface area contributed by atoms with Gasteiger partial charge in [0.25, 0.3) is 0 Å². The van der Waals surface area contributed by atoms with Crippen LogP contribution in [-0.2, 0) is 9.59 Å². The second-order valence-corrected chi connectivity index (χ2v) is 4.58. The Balaban J connectivity index is 2.11. The van der Waals surface area contributed by atoms with Crippen molar-refractivity contribution in [2.24, 2.45) is 0 Å². The Labute approximate surface area is 81.2 Å². The Morgan fingerprint density at radius 2 is 2.46 bits per heavy atom. The molecule has 1 amide bonds. The fourth-order valence-corrected chi connectivity index (χ4v) is 2.74. The van der Waals surface area contributed by atoms with Crippen LogP contribution in [0.3, 0.4) is 0 Å². The summed E-state index contributed by atoms with van der Waals surface area (Å²) in [4.78, 5) is 23.9. The van der Waals surface area contributed by atoms with Crippen molar-refractivity contribution in [3.63, 3.8) is 0 Å². The molecule has 0 N–H and O–H groups in total. The zero-order valence-corrected chi connectivity index (χ0v) is 8.26. The third kappa shape index (κ3) is 1.63. The molecule has 3 nitrogen and oxygen atoms in total. The number of thioether (sulfide) groups is 1. The highest BCUT2D eigenvalue weighted by molar-refractivity contribution is 8.15. The zero-order valence-electron chi connectivity index (χ0n) is 7.45. The van der Waals surface area contributed by atoms with Gasteiger partial charge < -0.3 is 4.90 Å². The summed E-state index contributed by atoms with van der Waals surface area (Å²) in [5.41, 5.74) is 1.12. The SMILES string of the molecule is CC(=O)N1CCC2SC(=O)C=C2C1. The highest BCUT2D eigenvalue weighted by Gasteiger charge is 2.31. The number of carbonyl (C=O) groups is 2. The average Bonchev–Trinajstić information content (AvgIpc) is 2.42. The Morgan fingerprint density at radius 1 is 1.69 bits per heavy atom. The predicted octanol–water partition coefficient (Wildman–Crippen LogP) is 0.807. The molecule has 2 heterocycles. The van der Waals surface area contributed by atoms with Crippen molar-refractivity contribution in [1.29, 1.82) is 0 Å². The minimum absolute atomic E-state index is 0.101. The van der Waals surface area contributed by atoms with E-state index in [0.717, 1.165) is 18.5 Å². The molecule has 2 aliphatic heterocycles. The highest BCUT2D eigenvalue weighted by Crippen LogP contribution is 2.34. The normalized spacial score (nSPS) is 27.2. The Hall–Kier alpha value is -0.770. The van der Waals surface area contributed by atoms with Crippen molar-refractivity contribution in [1.82, 2.24) is 4.90 Å². The quantitative estimate of drug-likeness (QED) is 0.576. The molecule has 0 aromatic heterocycles. The van der Waals surface area contributed by atoms with Crippen molar-refractivity contribution in [2.75, 3.05) is 13.1 Å². The molecule has 4 heteroatoms. The van der Waals surface area contributed by atoms with E-state index in [-0.39, 0.29) is 11.0 Å². The molecule has 0 radical (unpaired) electrons. The van der Waals surface area contributed by atoms with Crippen molar-refractivity contribution in [3.05, 3.63) is 11.6 Å². The van der Waals surface area contributed by atoms with Gasteiger partial charge in [-0.1, -0.05) is 11.8 Å². The zero-order chi connectivity index (χ0) is 9.42. The lowest BCUT2D eigenvalue weighted by molar-refractivity contribution is -0.128. The molecule has 13 heavy (non-hydrogen) atoms. The standard InChI is InChI=1S/C9H11NO2S/c1-6(11)10-3-2-8-7(5-10)4-9(12)13-8/h4,8H,2-3,5H2,1H3. The third-order valence-electron chi connectivity index (χ3n) is 2.46. The maximum Gasteiger partial charge on any atom is 0.219 e. The summed E-state index contributed by atoms with van der Waals surface area (Å²) in [5.74, 6) is 0.101. The van der Waals surface area contributed by atoms with Crippen LogP contribution >= 0.6 is 11.8 Å². The fourth-order valence-electron chi connectivity index (χ4n) is 1.73. The number of nitrogens with zero attached hydrogens (tertiary/aromatic N) is 1. The maximum absolute atomic E-state index is 11.1. The maximum atomic E-state index is 11.1. The summed E-state index contributed by atoms with van der Waals surface area (Å²) in [6.07, 6.45) is 2.60. The van der Waals surface area contributed by atoms with Crippen LogP contribution in [0, 0.1) is 0 Å². The lowest BCUT2D eigenvalue weighted by Crippen LogP contribution is -2.38. The van der Waals surface area contributed by atoms with Crippen LogP contribution in [0.4, 0.5) is 0 Å². The second kappa shape index (κ2) is 3.18. The van der Waals surface area contributed by atoms with E-state index in [4.69, 9.17) is 0 Å². The van der Waals surface area contributed by atoms with E-state index in [2.05, 4.69) is 0 Å². The van der Waals surface area contributed by atoms with Gasteiger partial charge in [0.1, 0.15) is 0 Å². The summed E-state index contributed by atoms with van der Waals surface area (Å²) >= 11 is 1.39. The van der Waals surface area contributed by atoms with Gasteiger partial charge in [-0.15, -0.1) is 0 Å². The van der Waals surface area contributed by atoms with Crippen LogP contribution in [0.2, 0.25) is 0 Å². The van der Waals surface area contributed by atoms with Crippen LogP contribution in [0.25, 0.3) is 0 Å². The molecule has 1 atom stereocenters. The largest absolute Gasteiger partial charge is 0.339 e. The first kappa shape index (κ1) is 8.81. The van der Waals surface area contributed by atoms with Crippen LogP contribution in [0.5, 0.6) is 0 Å². The van der Waals surface area contributed by atoms with Gasteiger partial charge in [0.15, 0.2) is 0 Å². The van der Waals surface area contributed by atoms with E-state index in [1.807, 2.05) is 0 Å². The van der Waals surface area contributed by atoms with Crippen LogP contribution in [0.15, 0.2) is 11.6 Å². The van der Waals surface area contributed by atoms with E-state index in [1.165, 1.54) is 11.8 Å². The first-order valence-corrected chi connectivity index (χ1v) is 5.21. The van der Waals surface area contributed by atoms with E-state index >= 15 is 0 Å². The molecule has 70 valence electrons. The van der Waals surface area contributed by atoms with E-state index in [9.17, 15) is 9.59 Å². The Kier molecular flexibility index (Phi) is 2.15. The molecule has 2 aliphatic rings. The number of hydrogen-bond acceptors (Lipinski definition) is 3. The lowest BCUT2D eigenvalue weighted by atomic mass is 10.0. The fraction of sp³-hybridized carbons (Fsp3) is 0.556. The van der Waals surface area contributed by atoms with Crippen molar-refractivity contribution < 1.29 is 9.59 Å². The number of amides is 1. The van der Waals surface area contributed by atoms with Gasteiger partial charge in [-0.3, -0.25) is 9.59 Å². The van der Waals surface area contributed by atoms with Crippen LogP contribution < -0.4 is 0 Å². The molecule has 1 unspecified atom stereocenters. The van der Waals surface area contributed by atoms with E-state index in [0.29, 0.717) is 11.8 Å². The minimum atomic E-state index is 0.101. The topological polar surface area (TPSA) is 37.4 Å². The molecule has 0 aromatic carbocycles. The third-order valence-corrected chi connectivity index (χ3v) is 3.63. The van der Waals surface area contributed by atoms with E-state index in [1.54, 1.807) is 17.9 Å². The van der Waals surface area contributed by atoms with Gasteiger partial charge in [-0.05, 0) is 18.1 Å². The monoisotopic (exact) mass is 197 g/mol. The number of fused-ring (bicyclic) bond motifs is 1. The van der Waals surface area contributed by atoms with Crippen molar-refractivity contribution in [2.45, 2.75) is 18.6 Å². The molecular formula is C9H11NO2S. The smallest absolute Gasteiger partial charge is 0.219 e. The first-order chi connectivity index (χ1) is 6.16. The number of carbonyl (C=O) groups excluding carboxylic acids is 2. The molecule has 1 saturated heterocycles. The number of rotatable bonds is 0. The van der Waals surface area contributed by atoms with Gasteiger partial charge >= 0.3 is 0 Å². The Bertz CT molecular complexity index is 298. The minimum Gasteiger partial charge on any atom is -0.339 e. The number of likely N-dealkylation sites (tertiary alicyclic amines) is 1. The summed E-state index contributed by atoms with van der Waals surface area (Å²) in [7, 11) is 0. The lowest BCUT2D eigenvalue weighted by Gasteiger charge is -2.30. The summed E-state index contributed by atoms with van der Waals surface area (Å²) in [6.45, 7) is 3.02. The summed E-state index contributed by atoms with van der Waals surface area (Å²) in [6, 6.07) is 0.